The second-order valence-electron chi connectivity index (χ2n) is 6.45. The Labute approximate surface area is 137 Å². The maximum absolute atomic E-state index is 12.6. The van der Waals surface area contributed by atoms with Gasteiger partial charge in [-0.15, -0.1) is 11.8 Å². The van der Waals surface area contributed by atoms with Crippen LogP contribution < -0.4 is 5.32 Å². The first-order valence-electron chi connectivity index (χ1n) is 7.66. The first kappa shape index (κ1) is 17.2. The average Bonchev–Trinajstić information content (AvgIpc) is 3.29. The number of methoxy groups -OCH3 is 1. The van der Waals surface area contributed by atoms with Crippen molar-refractivity contribution in [2.45, 2.75) is 49.7 Å². The summed E-state index contributed by atoms with van der Waals surface area (Å²) in [6.45, 7) is 5.12. The fourth-order valence-corrected chi connectivity index (χ4v) is 2.85. The molecule has 0 saturated heterocycles. The number of amides is 2. The Kier molecular flexibility index (Phi) is 5.75. The van der Waals surface area contributed by atoms with E-state index in [1.807, 2.05) is 18.7 Å². The standard InChI is InChI=1S/C17H26N2O2S/c1-17(2,12-21-3)18-16(20)19(14-7-8-14)11-13-5-9-15(22-4)10-6-13/h5-6,9-10,14H,7-8,11-12H2,1-4H3,(H,18,20). The number of benzene rings is 1. The molecule has 1 N–H and O–H groups in total. The number of thioether (sulfide) groups is 1. The van der Waals surface area contributed by atoms with E-state index in [1.165, 1.54) is 10.5 Å². The molecule has 1 aromatic carbocycles. The van der Waals surface area contributed by atoms with Gasteiger partial charge in [0, 0.05) is 24.6 Å². The maximum atomic E-state index is 12.6. The van der Waals surface area contributed by atoms with E-state index in [2.05, 4.69) is 35.8 Å². The lowest BCUT2D eigenvalue weighted by Crippen LogP contribution is -2.52. The second kappa shape index (κ2) is 7.38. The zero-order chi connectivity index (χ0) is 16.2. The smallest absolute Gasteiger partial charge is 0.318 e. The number of hydrogen-bond acceptors (Lipinski definition) is 3. The van der Waals surface area contributed by atoms with Crippen molar-refractivity contribution in [1.29, 1.82) is 0 Å². The molecule has 2 rings (SSSR count). The largest absolute Gasteiger partial charge is 0.382 e. The highest BCUT2D eigenvalue weighted by Gasteiger charge is 2.34. The van der Waals surface area contributed by atoms with Crippen molar-refractivity contribution in [1.82, 2.24) is 10.2 Å². The van der Waals surface area contributed by atoms with Crippen molar-refractivity contribution in [3.63, 3.8) is 0 Å². The highest BCUT2D eigenvalue weighted by Crippen LogP contribution is 2.29. The molecule has 0 radical (unpaired) electrons. The lowest BCUT2D eigenvalue weighted by atomic mass is 10.1. The van der Waals surface area contributed by atoms with Crippen molar-refractivity contribution in [2.75, 3.05) is 20.0 Å². The molecule has 0 heterocycles. The topological polar surface area (TPSA) is 41.6 Å². The van der Waals surface area contributed by atoms with Crippen LogP contribution in [-0.4, -0.2) is 42.5 Å². The minimum Gasteiger partial charge on any atom is -0.382 e. The van der Waals surface area contributed by atoms with Gasteiger partial charge in [-0.3, -0.25) is 0 Å². The molecular weight excluding hydrogens is 296 g/mol. The Morgan fingerprint density at radius 3 is 2.50 bits per heavy atom. The third kappa shape index (κ3) is 4.92. The number of nitrogens with one attached hydrogen (secondary N) is 1. The number of carbonyl (C=O) groups excluding carboxylic acids is 1. The molecule has 0 bridgehead atoms. The van der Waals surface area contributed by atoms with Crippen LogP contribution in [0.25, 0.3) is 0 Å². The Hall–Kier alpha value is -1.20. The predicted molar refractivity (Wildman–Crippen MR) is 91.3 cm³/mol. The van der Waals surface area contributed by atoms with Gasteiger partial charge in [0.05, 0.1) is 12.1 Å². The van der Waals surface area contributed by atoms with Gasteiger partial charge in [-0.05, 0) is 50.6 Å². The van der Waals surface area contributed by atoms with Gasteiger partial charge >= 0.3 is 6.03 Å². The second-order valence-corrected chi connectivity index (χ2v) is 7.33. The zero-order valence-electron chi connectivity index (χ0n) is 13.9. The normalized spacial score (nSPS) is 14.7. The number of nitrogens with zero attached hydrogens (tertiary/aromatic N) is 1. The summed E-state index contributed by atoms with van der Waals surface area (Å²) in [5.41, 5.74) is 0.811. The van der Waals surface area contributed by atoms with E-state index in [9.17, 15) is 4.79 Å². The predicted octanol–water partition coefficient (Wildman–Crippen LogP) is 3.51. The van der Waals surface area contributed by atoms with E-state index < -0.39 is 0 Å². The van der Waals surface area contributed by atoms with Gasteiger partial charge in [0.1, 0.15) is 0 Å². The van der Waals surface area contributed by atoms with Gasteiger partial charge in [-0.25, -0.2) is 4.79 Å². The third-order valence-corrected chi connectivity index (χ3v) is 4.45. The van der Waals surface area contributed by atoms with Gasteiger partial charge in [0.15, 0.2) is 0 Å². The molecule has 0 aliphatic heterocycles. The lowest BCUT2D eigenvalue weighted by molar-refractivity contribution is 0.121. The molecule has 1 fully saturated rings. The Bertz CT molecular complexity index is 498. The first-order chi connectivity index (χ1) is 10.4. The molecule has 22 heavy (non-hydrogen) atoms. The molecule has 0 spiro atoms. The van der Waals surface area contributed by atoms with Crippen LogP contribution >= 0.6 is 11.8 Å². The highest BCUT2D eigenvalue weighted by atomic mass is 32.2. The van der Waals surface area contributed by atoms with E-state index in [0.29, 0.717) is 19.2 Å². The van der Waals surface area contributed by atoms with Crippen molar-refractivity contribution >= 4 is 17.8 Å². The summed E-state index contributed by atoms with van der Waals surface area (Å²) in [4.78, 5) is 15.8. The molecule has 1 saturated carbocycles. The summed E-state index contributed by atoms with van der Waals surface area (Å²) in [6, 6.07) is 8.80. The Balaban J connectivity index is 2.01. The molecule has 0 aromatic heterocycles. The number of hydrogen-bond donors (Lipinski definition) is 1. The van der Waals surface area contributed by atoms with Crippen molar-refractivity contribution in [3.8, 4) is 0 Å². The van der Waals surface area contributed by atoms with Crippen molar-refractivity contribution in [2.24, 2.45) is 0 Å². The van der Waals surface area contributed by atoms with Crippen LogP contribution in [0.2, 0.25) is 0 Å². The quantitative estimate of drug-likeness (QED) is 0.781. The van der Waals surface area contributed by atoms with Gasteiger partial charge in [0.2, 0.25) is 0 Å². The van der Waals surface area contributed by atoms with Gasteiger partial charge in [0.25, 0.3) is 0 Å². The van der Waals surface area contributed by atoms with E-state index >= 15 is 0 Å². The summed E-state index contributed by atoms with van der Waals surface area (Å²) in [7, 11) is 1.65. The highest BCUT2D eigenvalue weighted by molar-refractivity contribution is 7.98. The SMILES string of the molecule is COCC(C)(C)NC(=O)N(Cc1ccc(SC)cc1)C1CC1. The molecule has 4 nitrogen and oxygen atoms in total. The molecule has 2 amide bonds. The molecule has 5 heteroatoms. The first-order valence-corrected chi connectivity index (χ1v) is 8.88. The lowest BCUT2D eigenvalue weighted by Gasteiger charge is -2.30. The summed E-state index contributed by atoms with van der Waals surface area (Å²) in [6.07, 6.45) is 4.26. The summed E-state index contributed by atoms with van der Waals surface area (Å²) < 4.78 is 5.17. The third-order valence-electron chi connectivity index (χ3n) is 3.71. The number of rotatable bonds is 7. The maximum Gasteiger partial charge on any atom is 0.318 e. The van der Waals surface area contributed by atoms with E-state index in [-0.39, 0.29) is 11.6 Å². The number of carbonyl (C=O) groups is 1. The Morgan fingerprint density at radius 2 is 2.00 bits per heavy atom. The molecule has 1 aliphatic rings. The van der Waals surface area contributed by atoms with Gasteiger partial charge in [-0.2, -0.15) is 0 Å². The number of ether oxygens (including phenoxy) is 1. The van der Waals surface area contributed by atoms with Crippen molar-refractivity contribution in [3.05, 3.63) is 29.8 Å². The molecule has 122 valence electrons. The molecule has 1 aromatic rings. The van der Waals surface area contributed by atoms with E-state index in [0.717, 1.165) is 12.8 Å². The number of urea groups is 1. The summed E-state index contributed by atoms with van der Waals surface area (Å²) >= 11 is 1.73. The van der Waals surface area contributed by atoms with Crippen LogP contribution in [0.15, 0.2) is 29.2 Å². The molecule has 0 atom stereocenters. The van der Waals surface area contributed by atoms with Crippen LogP contribution in [0.5, 0.6) is 0 Å². The van der Waals surface area contributed by atoms with Crippen LogP contribution in [0.1, 0.15) is 32.3 Å². The van der Waals surface area contributed by atoms with Crippen molar-refractivity contribution < 1.29 is 9.53 Å². The van der Waals surface area contributed by atoms with Gasteiger partial charge < -0.3 is 15.0 Å². The zero-order valence-corrected chi connectivity index (χ0v) is 14.7. The van der Waals surface area contributed by atoms with Crippen LogP contribution in [0.3, 0.4) is 0 Å². The fourth-order valence-electron chi connectivity index (χ4n) is 2.44. The molecule has 1 aliphatic carbocycles. The molecule has 0 unspecified atom stereocenters. The minimum absolute atomic E-state index is 0.00140. The monoisotopic (exact) mass is 322 g/mol. The summed E-state index contributed by atoms with van der Waals surface area (Å²) in [5, 5.41) is 3.08. The van der Waals surface area contributed by atoms with E-state index in [1.54, 1.807) is 18.9 Å². The van der Waals surface area contributed by atoms with Gasteiger partial charge in [-0.1, -0.05) is 12.1 Å². The van der Waals surface area contributed by atoms with E-state index in [4.69, 9.17) is 4.74 Å². The average molecular weight is 322 g/mol. The summed E-state index contributed by atoms with van der Waals surface area (Å²) in [5.74, 6) is 0. The van der Waals surface area contributed by atoms with Crippen LogP contribution in [0.4, 0.5) is 4.79 Å². The van der Waals surface area contributed by atoms with Crippen LogP contribution in [-0.2, 0) is 11.3 Å². The fraction of sp³-hybridized carbons (Fsp3) is 0.588. The Morgan fingerprint density at radius 1 is 1.36 bits per heavy atom. The van der Waals surface area contributed by atoms with Crippen LogP contribution in [0, 0.1) is 0 Å². The molecular formula is C17H26N2O2S. The minimum atomic E-state index is -0.359.